The minimum absolute atomic E-state index is 0.144. The van der Waals surface area contributed by atoms with Crippen LogP contribution in [0.3, 0.4) is 0 Å². The Kier molecular flexibility index (Phi) is 10.0. The molecule has 0 saturated carbocycles. The molecule has 2 N–H and O–H groups in total. The lowest BCUT2D eigenvalue weighted by Crippen LogP contribution is -2.40. The molecule has 0 aromatic heterocycles. The molecule has 0 unspecified atom stereocenters. The number of hydrogen-bond acceptors (Lipinski definition) is 6. The van der Waals surface area contributed by atoms with Crippen LogP contribution >= 0.6 is 0 Å². The number of methoxy groups -OCH3 is 1. The molecule has 0 aliphatic heterocycles. The van der Waals surface area contributed by atoms with Crippen molar-refractivity contribution in [1.82, 2.24) is 5.32 Å². The van der Waals surface area contributed by atoms with Gasteiger partial charge >= 0.3 is 0 Å². The number of unbranched alkanes of at least 4 members (excludes halogenated alkanes) is 2. The minimum atomic E-state index is -0.305. The summed E-state index contributed by atoms with van der Waals surface area (Å²) in [5.41, 5.74) is 0.967. The summed E-state index contributed by atoms with van der Waals surface area (Å²) in [5.74, 6) is 1.97. The molecule has 180 valence electrons. The molecule has 7 heteroatoms. The number of rotatable bonds is 12. The Hall–Kier alpha value is -3.22. The second kappa shape index (κ2) is 12.7. The number of ether oxygens (including phenoxy) is 4. The Morgan fingerprint density at radius 3 is 2.15 bits per heavy atom. The van der Waals surface area contributed by atoms with Gasteiger partial charge in [-0.2, -0.15) is 0 Å². The number of carbonyl (C=O) groups excluding carboxylic acids is 1. The van der Waals surface area contributed by atoms with Crippen LogP contribution < -0.4 is 19.5 Å². The first kappa shape index (κ1) is 26.0. The van der Waals surface area contributed by atoms with E-state index in [1.165, 1.54) is 0 Å². The quantitative estimate of drug-likeness (QED) is 0.260. The second-order valence-electron chi connectivity index (χ2n) is 8.61. The number of hydrogen-bond donors (Lipinski definition) is 2. The standard InChI is InChI=1S/C26H36N2O5/c1-6-31-24(27)19-10-13-21(14-11-19)32-16-8-7-9-17-33-22-15-12-20(18-23(22)30-5)25(29)28-26(2,3)4/h10-15,18,27H,6-9,16-17H2,1-5H3,(H,28,29). The highest BCUT2D eigenvalue weighted by Gasteiger charge is 2.17. The SMILES string of the molecule is CCOC(=N)c1ccc(OCCCCCOc2ccc(C(=O)NC(C)(C)C)cc2OC)cc1. The molecule has 0 atom stereocenters. The maximum Gasteiger partial charge on any atom is 0.251 e. The molecular formula is C26H36N2O5. The summed E-state index contributed by atoms with van der Waals surface area (Å²) in [6, 6.07) is 12.6. The van der Waals surface area contributed by atoms with Crippen molar-refractivity contribution < 1.29 is 23.7 Å². The highest BCUT2D eigenvalue weighted by molar-refractivity contribution is 5.95. The number of amides is 1. The largest absolute Gasteiger partial charge is 0.494 e. The van der Waals surface area contributed by atoms with Crippen LogP contribution in [-0.4, -0.2) is 44.3 Å². The molecule has 0 spiro atoms. The molecule has 0 saturated heterocycles. The molecular weight excluding hydrogens is 420 g/mol. The van der Waals surface area contributed by atoms with Crippen molar-refractivity contribution >= 4 is 11.8 Å². The maximum atomic E-state index is 12.3. The molecule has 33 heavy (non-hydrogen) atoms. The lowest BCUT2D eigenvalue weighted by Gasteiger charge is -2.21. The van der Waals surface area contributed by atoms with E-state index in [9.17, 15) is 4.79 Å². The van der Waals surface area contributed by atoms with Gasteiger partial charge in [0.2, 0.25) is 5.90 Å². The number of nitrogens with one attached hydrogen (secondary N) is 2. The molecule has 2 aromatic carbocycles. The normalized spacial score (nSPS) is 10.9. The summed E-state index contributed by atoms with van der Waals surface area (Å²) in [6.45, 7) is 9.33. The van der Waals surface area contributed by atoms with Gasteiger partial charge in [-0.1, -0.05) is 0 Å². The highest BCUT2D eigenvalue weighted by atomic mass is 16.5. The molecule has 0 fully saturated rings. The van der Waals surface area contributed by atoms with Crippen molar-refractivity contribution in [3.8, 4) is 17.2 Å². The van der Waals surface area contributed by atoms with Crippen molar-refractivity contribution in [2.45, 2.75) is 52.5 Å². The maximum absolute atomic E-state index is 12.3. The third-order valence-corrected chi connectivity index (χ3v) is 4.63. The predicted molar refractivity (Wildman–Crippen MR) is 130 cm³/mol. The Bertz CT molecular complexity index is 904. The summed E-state index contributed by atoms with van der Waals surface area (Å²) >= 11 is 0. The Balaban J connectivity index is 1.70. The fourth-order valence-corrected chi connectivity index (χ4v) is 3.02. The predicted octanol–water partition coefficient (Wildman–Crippen LogP) is 5.21. The van der Waals surface area contributed by atoms with Crippen molar-refractivity contribution in [2.75, 3.05) is 26.9 Å². The van der Waals surface area contributed by atoms with E-state index in [4.69, 9.17) is 24.4 Å². The molecule has 0 bridgehead atoms. The van der Waals surface area contributed by atoms with Crippen LogP contribution in [0.2, 0.25) is 0 Å². The van der Waals surface area contributed by atoms with Gasteiger partial charge in [0.15, 0.2) is 11.5 Å². The van der Waals surface area contributed by atoms with Gasteiger partial charge in [0, 0.05) is 16.7 Å². The van der Waals surface area contributed by atoms with Crippen LogP contribution in [0.15, 0.2) is 42.5 Å². The Morgan fingerprint density at radius 2 is 1.55 bits per heavy atom. The summed E-state index contributed by atoms with van der Waals surface area (Å²) in [5, 5.41) is 10.7. The molecule has 2 aromatic rings. The van der Waals surface area contributed by atoms with Gasteiger partial charge in [0.1, 0.15) is 5.75 Å². The van der Waals surface area contributed by atoms with Crippen LogP contribution in [0.25, 0.3) is 0 Å². The molecule has 7 nitrogen and oxygen atoms in total. The smallest absolute Gasteiger partial charge is 0.251 e. The molecule has 0 radical (unpaired) electrons. The minimum Gasteiger partial charge on any atom is -0.494 e. The monoisotopic (exact) mass is 456 g/mol. The van der Waals surface area contributed by atoms with Gasteiger partial charge in [-0.25, -0.2) is 0 Å². The van der Waals surface area contributed by atoms with Gasteiger partial charge in [-0.3, -0.25) is 10.2 Å². The van der Waals surface area contributed by atoms with E-state index in [2.05, 4.69) is 5.32 Å². The first-order valence-electron chi connectivity index (χ1n) is 11.3. The van der Waals surface area contributed by atoms with Gasteiger partial charge in [0.25, 0.3) is 5.91 Å². The summed E-state index contributed by atoms with van der Waals surface area (Å²) in [4.78, 5) is 12.3. The fourth-order valence-electron chi connectivity index (χ4n) is 3.02. The van der Waals surface area contributed by atoms with E-state index in [-0.39, 0.29) is 17.3 Å². The average Bonchev–Trinajstić information content (AvgIpc) is 2.77. The molecule has 2 rings (SSSR count). The van der Waals surface area contributed by atoms with Crippen molar-refractivity contribution in [1.29, 1.82) is 5.41 Å². The molecule has 0 aliphatic rings. The van der Waals surface area contributed by atoms with Crippen LogP contribution in [0.5, 0.6) is 17.2 Å². The highest BCUT2D eigenvalue weighted by Crippen LogP contribution is 2.28. The fraction of sp³-hybridized carbons (Fsp3) is 0.462. The van der Waals surface area contributed by atoms with Gasteiger partial charge < -0.3 is 24.3 Å². The summed E-state index contributed by atoms with van der Waals surface area (Å²) in [7, 11) is 1.57. The Labute approximate surface area is 196 Å². The third kappa shape index (κ3) is 9.04. The number of carbonyl (C=O) groups is 1. The van der Waals surface area contributed by atoms with E-state index >= 15 is 0 Å². The van der Waals surface area contributed by atoms with Crippen molar-refractivity contribution in [2.24, 2.45) is 0 Å². The van der Waals surface area contributed by atoms with E-state index in [0.29, 0.717) is 36.9 Å². The van der Waals surface area contributed by atoms with Gasteiger partial charge in [0.05, 0.1) is 26.9 Å². The zero-order valence-electron chi connectivity index (χ0n) is 20.3. The van der Waals surface area contributed by atoms with Gasteiger partial charge in [-0.15, -0.1) is 0 Å². The van der Waals surface area contributed by atoms with E-state index in [0.717, 1.165) is 30.6 Å². The van der Waals surface area contributed by atoms with Crippen LogP contribution in [0, 0.1) is 5.41 Å². The van der Waals surface area contributed by atoms with Crippen LogP contribution in [0.1, 0.15) is 62.9 Å². The second-order valence-corrected chi connectivity index (χ2v) is 8.61. The molecule has 0 aliphatic carbocycles. The lowest BCUT2D eigenvalue weighted by atomic mass is 10.1. The van der Waals surface area contributed by atoms with Crippen molar-refractivity contribution in [3.63, 3.8) is 0 Å². The third-order valence-electron chi connectivity index (χ3n) is 4.63. The molecule has 1 amide bonds. The van der Waals surface area contributed by atoms with Gasteiger partial charge in [-0.05, 0) is 89.4 Å². The van der Waals surface area contributed by atoms with Crippen molar-refractivity contribution in [3.05, 3.63) is 53.6 Å². The zero-order valence-corrected chi connectivity index (χ0v) is 20.3. The zero-order chi connectivity index (χ0) is 24.3. The first-order valence-corrected chi connectivity index (χ1v) is 11.3. The topological polar surface area (TPSA) is 89.9 Å². The molecule has 0 heterocycles. The van der Waals surface area contributed by atoms with Crippen LogP contribution in [-0.2, 0) is 4.74 Å². The summed E-state index contributed by atoms with van der Waals surface area (Å²) < 4.78 is 22.2. The Morgan fingerprint density at radius 1 is 0.909 bits per heavy atom. The lowest BCUT2D eigenvalue weighted by molar-refractivity contribution is 0.0919. The number of benzene rings is 2. The average molecular weight is 457 g/mol. The van der Waals surface area contributed by atoms with E-state index < -0.39 is 0 Å². The first-order chi connectivity index (χ1) is 15.7. The van der Waals surface area contributed by atoms with E-state index in [1.54, 1.807) is 25.3 Å². The van der Waals surface area contributed by atoms with E-state index in [1.807, 2.05) is 52.0 Å². The van der Waals surface area contributed by atoms with Crippen LogP contribution in [0.4, 0.5) is 0 Å². The summed E-state index contributed by atoms with van der Waals surface area (Å²) in [6.07, 6.45) is 2.74.